The smallest absolute Gasteiger partial charge is 0.311 e. The number of rotatable bonds is 6. The van der Waals surface area contributed by atoms with Gasteiger partial charge < -0.3 is 15.5 Å². The number of hydrogen-bond acceptors (Lipinski definition) is 3. The summed E-state index contributed by atoms with van der Waals surface area (Å²) in [6, 6.07) is 13.2. The van der Waals surface area contributed by atoms with Crippen molar-refractivity contribution in [3.8, 4) is 0 Å². The molecule has 2 rings (SSSR count). The summed E-state index contributed by atoms with van der Waals surface area (Å²) in [5.41, 5.74) is 0.667. The quantitative estimate of drug-likeness (QED) is 0.760. The maximum Gasteiger partial charge on any atom is 0.311 e. The molecule has 120 valence electrons. The van der Waals surface area contributed by atoms with E-state index >= 15 is 0 Å². The molecule has 5 nitrogen and oxygen atoms in total. The number of aliphatic hydroxyl groups excluding tert-OH is 1. The normalized spacial score (nSPS) is 13.1. The lowest BCUT2D eigenvalue weighted by Crippen LogP contribution is -2.36. The summed E-state index contributed by atoms with van der Waals surface area (Å²) in [7, 11) is 0. The van der Waals surface area contributed by atoms with Crippen LogP contribution in [0.15, 0.2) is 54.6 Å². The largest absolute Gasteiger partial charge is 0.481 e. The van der Waals surface area contributed by atoms with Crippen molar-refractivity contribution in [1.82, 2.24) is 5.32 Å². The van der Waals surface area contributed by atoms with E-state index in [1.54, 1.807) is 30.3 Å². The third kappa shape index (κ3) is 4.37. The molecule has 3 N–H and O–H groups in total. The fraction of sp³-hybridized carbons (Fsp3) is 0.176. The first kappa shape index (κ1) is 16.6. The van der Waals surface area contributed by atoms with Gasteiger partial charge in [0.15, 0.2) is 0 Å². The van der Waals surface area contributed by atoms with Crippen molar-refractivity contribution in [2.45, 2.75) is 6.10 Å². The predicted molar refractivity (Wildman–Crippen MR) is 81.3 cm³/mol. The zero-order chi connectivity index (χ0) is 16.8. The monoisotopic (exact) mass is 317 g/mol. The number of benzene rings is 2. The van der Waals surface area contributed by atoms with Gasteiger partial charge in [-0.3, -0.25) is 9.59 Å². The van der Waals surface area contributed by atoms with Gasteiger partial charge in [0.05, 0.1) is 6.10 Å². The molecule has 1 amide bonds. The highest BCUT2D eigenvalue weighted by Crippen LogP contribution is 2.22. The summed E-state index contributed by atoms with van der Waals surface area (Å²) in [5.74, 6) is -3.41. The lowest BCUT2D eigenvalue weighted by Gasteiger charge is -2.20. The van der Waals surface area contributed by atoms with Gasteiger partial charge in [-0.25, -0.2) is 4.39 Å². The van der Waals surface area contributed by atoms with E-state index in [9.17, 15) is 24.2 Å². The highest BCUT2D eigenvalue weighted by atomic mass is 19.1. The topological polar surface area (TPSA) is 86.6 Å². The third-order valence-corrected chi connectivity index (χ3v) is 3.43. The SMILES string of the molecule is O=C(NC[C@@H](C(=O)O)[C@H](O)c1ccc(F)cc1)c1ccccc1. The summed E-state index contributed by atoms with van der Waals surface area (Å²) >= 11 is 0. The molecule has 2 aromatic rings. The van der Waals surface area contributed by atoms with Gasteiger partial charge in [-0.1, -0.05) is 30.3 Å². The summed E-state index contributed by atoms with van der Waals surface area (Å²) in [5, 5.41) is 21.9. The van der Waals surface area contributed by atoms with Crippen LogP contribution >= 0.6 is 0 Å². The number of carbonyl (C=O) groups is 2. The van der Waals surface area contributed by atoms with Gasteiger partial charge in [-0.05, 0) is 29.8 Å². The van der Waals surface area contributed by atoms with Gasteiger partial charge in [-0.2, -0.15) is 0 Å². The van der Waals surface area contributed by atoms with Crippen LogP contribution in [0.3, 0.4) is 0 Å². The average Bonchev–Trinajstić information content (AvgIpc) is 2.55. The number of carboxylic acids is 1. The molecule has 0 aliphatic heterocycles. The van der Waals surface area contributed by atoms with E-state index in [1.165, 1.54) is 12.1 Å². The van der Waals surface area contributed by atoms with E-state index in [0.717, 1.165) is 12.1 Å². The van der Waals surface area contributed by atoms with Crippen molar-refractivity contribution < 1.29 is 24.2 Å². The van der Waals surface area contributed by atoms with Crippen LogP contribution in [0.5, 0.6) is 0 Å². The van der Waals surface area contributed by atoms with Crippen LogP contribution in [0, 0.1) is 11.7 Å². The van der Waals surface area contributed by atoms with Crippen molar-refractivity contribution in [3.63, 3.8) is 0 Å². The Bertz CT molecular complexity index is 673. The van der Waals surface area contributed by atoms with E-state index in [1.807, 2.05) is 0 Å². The summed E-state index contributed by atoms with van der Waals surface area (Å²) in [6.45, 7) is -0.248. The van der Waals surface area contributed by atoms with Crippen LogP contribution in [0.25, 0.3) is 0 Å². The zero-order valence-electron chi connectivity index (χ0n) is 12.1. The second-order valence-electron chi connectivity index (χ2n) is 5.02. The van der Waals surface area contributed by atoms with Gasteiger partial charge in [0.25, 0.3) is 5.91 Å². The van der Waals surface area contributed by atoms with E-state index in [2.05, 4.69) is 5.32 Å². The number of hydrogen-bond donors (Lipinski definition) is 3. The van der Waals surface area contributed by atoms with Gasteiger partial charge in [-0.15, -0.1) is 0 Å². The molecule has 6 heteroatoms. The first-order valence-corrected chi connectivity index (χ1v) is 6.98. The van der Waals surface area contributed by atoms with Crippen LogP contribution in [-0.4, -0.2) is 28.6 Å². The molecule has 0 saturated heterocycles. The van der Waals surface area contributed by atoms with E-state index in [4.69, 9.17) is 0 Å². The second kappa shape index (κ2) is 7.51. The molecule has 0 aromatic heterocycles. The van der Waals surface area contributed by atoms with Crippen LogP contribution in [0.4, 0.5) is 4.39 Å². The molecule has 2 aromatic carbocycles. The number of halogens is 1. The summed E-state index contributed by atoms with van der Waals surface area (Å²) in [4.78, 5) is 23.3. The number of carboxylic acid groups (broad SMARTS) is 1. The molecule has 23 heavy (non-hydrogen) atoms. The second-order valence-corrected chi connectivity index (χ2v) is 5.02. The van der Waals surface area contributed by atoms with Crippen LogP contribution in [0.2, 0.25) is 0 Å². The predicted octanol–water partition coefficient (Wildman–Crippen LogP) is 1.99. The van der Waals surface area contributed by atoms with Crippen molar-refractivity contribution in [3.05, 3.63) is 71.5 Å². The Hall–Kier alpha value is -2.73. The van der Waals surface area contributed by atoms with Crippen LogP contribution in [-0.2, 0) is 4.79 Å². The number of aliphatic hydroxyl groups is 1. The molecule has 0 aliphatic carbocycles. The molecule has 0 fully saturated rings. The van der Waals surface area contributed by atoms with Crippen molar-refractivity contribution in [2.24, 2.45) is 5.92 Å². The van der Waals surface area contributed by atoms with Crippen molar-refractivity contribution >= 4 is 11.9 Å². The minimum Gasteiger partial charge on any atom is -0.481 e. The van der Waals surface area contributed by atoms with E-state index < -0.39 is 29.7 Å². The number of nitrogens with one attached hydrogen (secondary N) is 1. The molecule has 0 spiro atoms. The Kier molecular flexibility index (Phi) is 5.43. The zero-order valence-corrected chi connectivity index (χ0v) is 12.1. The van der Waals surface area contributed by atoms with E-state index in [0.29, 0.717) is 5.56 Å². The average molecular weight is 317 g/mol. The standard InChI is InChI=1S/C17H16FNO4/c18-13-8-6-11(7-9-13)15(20)14(17(22)23)10-19-16(21)12-4-2-1-3-5-12/h1-9,14-15,20H,10H2,(H,19,21)(H,22,23)/t14-,15-/m1/s1. The Morgan fingerprint density at radius 3 is 2.22 bits per heavy atom. The number of amides is 1. The lowest BCUT2D eigenvalue weighted by atomic mass is 9.95. The lowest BCUT2D eigenvalue weighted by molar-refractivity contribution is -0.145. The maximum atomic E-state index is 12.9. The highest BCUT2D eigenvalue weighted by Gasteiger charge is 2.28. The molecule has 0 aliphatic rings. The molecular weight excluding hydrogens is 301 g/mol. The van der Waals surface area contributed by atoms with Gasteiger partial charge in [0, 0.05) is 12.1 Å². The summed E-state index contributed by atoms with van der Waals surface area (Å²) in [6.07, 6.45) is -1.36. The Morgan fingerprint density at radius 2 is 1.65 bits per heavy atom. The van der Waals surface area contributed by atoms with Gasteiger partial charge >= 0.3 is 5.97 Å². The van der Waals surface area contributed by atoms with E-state index in [-0.39, 0.29) is 12.1 Å². The first-order chi connectivity index (χ1) is 11.0. The third-order valence-electron chi connectivity index (χ3n) is 3.43. The summed E-state index contributed by atoms with van der Waals surface area (Å²) < 4.78 is 12.9. The van der Waals surface area contributed by atoms with Crippen LogP contribution in [0.1, 0.15) is 22.0 Å². The Morgan fingerprint density at radius 1 is 1.04 bits per heavy atom. The number of aliphatic carboxylic acids is 1. The highest BCUT2D eigenvalue weighted by molar-refractivity contribution is 5.94. The fourth-order valence-electron chi connectivity index (χ4n) is 2.12. The molecule has 0 unspecified atom stereocenters. The fourth-order valence-corrected chi connectivity index (χ4v) is 2.12. The number of carbonyl (C=O) groups excluding carboxylic acids is 1. The Balaban J connectivity index is 2.05. The maximum absolute atomic E-state index is 12.9. The van der Waals surface area contributed by atoms with Gasteiger partial charge in [0.2, 0.25) is 0 Å². The molecule has 2 atom stereocenters. The minimum atomic E-state index is -1.36. The molecule has 0 heterocycles. The minimum absolute atomic E-state index is 0.248. The Labute approximate surface area is 132 Å². The molecule has 0 radical (unpaired) electrons. The van der Waals surface area contributed by atoms with Crippen molar-refractivity contribution in [1.29, 1.82) is 0 Å². The van der Waals surface area contributed by atoms with Crippen molar-refractivity contribution in [2.75, 3.05) is 6.54 Å². The van der Waals surface area contributed by atoms with Gasteiger partial charge in [0.1, 0.15) is 11.7 Å². The molecule has 0 bridgehead atoms. The molecule has 0 saturated carbocycles. The van der Waals surface area contributed by atoms with Crippen LogP contribution < -0.4 is 5.32 Å². The first-order valence-electron chi connectivity index (χ1n) is 6.98. The molecular formula is C17H16FNO4.